The summed E-state index contributed by atoms with van der Waals surface area (Å²) in [5.41, 5.74) is -0.775. The lowest BCUT2D eigenvalue weighted by atomic mass is 10.2. The second-order valence-electron chi connectivity index (χ2n) is 4.42. The van der Waals surface area contributed by atoms with Gasteiger partial charge in [0.15, 0.2) is 5.78 Å². The van der Waals surface area contributed by atoms with Crippen LogP contribution in [0, 0.1) is 10.1 Å². The van der Waals surface area contributed by atoms with E-state index in [-0.39, 0.29) is 17.1 Å². The lowest BCUT2D eigenvalue weighted by Crippen LogP contribution is -2.40. The molecule has 2 rings (SSSR count). The summed E-state index contributed by atoms with van der Waals surface area (Å²) < 4.78 is 2.03. The average Bonchev–Trinajstić information content (AvgIpc) is 2.88. The molecular formula is C12H11N3O5S. The van der Waals surface area contributed by atoms with Crippen molar-refractivity contribution in [2.24, 2.45) is 7.05 Å². The Kier molecular flexibility index (Phi) is 3.85. The molecule has 0 aliphatic rings. The first kappa shape index (κ1) is 14.9. The Balaban J connectivity index is 2.49. The third kappa shape index (κ3) is 2.82. The van der Waals surface area contributed by atoms with Crippen LogP contribution in [0.2, 0.25) is 0 Å². The van der Waals surface area contributed by atoms with Crippen molar-refractivity contribution in [1.29, 1.82) is 0 Å². The molecule has 0 bridgehead atoms. The van der Waals surface area contributed by atoms with Gasteiger partial charge in [-0.2, -0.15) is 0 Å². The van der Waals surface area contributed by atoms with Crippen LogP contribution in [0.15, 0.2) is 27.2 Å². The molecular weight excluding hydrogens is 298 g/mol. The number of thiophene rings is 1. The van der Waals surface area contributed by atoms with Crippen molar-refractivity contribution >= 4 is 22.1 Å². The van der Waals surface area contributed by atoms with Gasteiger partial charge in [-0.3, -0.25) is 28.8 Å². The lowest BCUT2D eigenvalue weighted by Gasteiger charge is -2.08. The van der Waals surface area contributed by atoms with Gasteiger partial charge in [-0.1, -0.05) is 11.3 Å². The largest absolute Gasteiger partial charge is 0.331 e. The fourth-order valence-corrected chi connectivity index (χ4v) is 2.54. The van der Waals surface area contributed by atoms with Crippen molar-refractivity contribution in [3.8, 4) is 0 Å². The van der Waals surface area contributed by atoms with E-state index < -0.39 is 22.0 Å². The Morgan fingerprint density at radius 3 is 2.62 bits per heavy atom. The fraction of sp³-hybridized carbons (Fsp3) is 0.250. The molecule has 0 fully saturated rings. The summed E-state index contributed by atoms with van der Waals surface area (Å²) in [6, 6.07) is 1.36. The zero-order valence-electron chi connectivity index (χ0n) is 11.2. The Morgan fingerprint density at radius 2 is 2.10 bits per heavy atom. The Hall–Kier alpha value is -2.55. The summed E-state index contributed by atoms with van der Waals surface area (Å²) in [7, 11) is 1.28. The lowest BCUT2D eigenvalue weighted by molar-refractivity contribution is -0.380. The molecule has 21 heavy (non-hydrogen) atoms. The second kappa shape index (κ2) is 5.44. The summed E-state index contributed by atoms with van der Waals surface area (Å²) in [6.45, 7) is 1.29. The van der Waals surface area contributed by atoms with Crippen LogP contribution >= 0.6 is 11.3 Å². The maximum atomic E-state index is 12.0. The minimum Gasteiger partial charge on any atom is -0.295 e. The molecule has 2 heterocycles. The van der Waals surface area contributed by atoms with Crippen molar-refractivity contribution in [3.63, 3.8) is 0 Å². The van der Waals surface area contributed by atoms with Gasteiger partial charge in [-0.25, -0.2) is 4.79 Å². The van der Waals surface area contributed by atoms with Gasteiger partial charge in [-0.15, -0.1) is 0 Å². The van der Waals surface area contributed by atoms with E-state index in [4.69, 9.17) is 0 Å². The van der Waals surface area contributed by atoms with Crippen LogP contribution in [0.4, 0.5) is 5.00 Å². The van der Waals surface area contributed by atoms with E-state index in [1.165, 1.54) is 30.8 Å². The highest BCUT2D eigenvalue weighted by Crippen LogP contribution is 2.22. The number of nitro groups is 1. The van der Waals surface area contributed by atoms with Crippen molar-refractivity contribution < 1.29 is 9.72 Å². The van der Waals surface area contributed by atoms with Gasteiger partial charge in [0.05, 0.1) is 17.0 Å². The standard InChI is InChI=1S/C12H11N3O5S/c1-7(16)9-5-14(12(18)13(2)11(9)17)4-8-3-10(15(19)20)21-6-8/h3,5-6H,4H2,1-2H3. The summed E-state index contributed by atoms with van der Waals surface area (Å²) in [5, 5.41) is 12.2. The fourth-order valence-electron chi connectivity index (χ4n) is 1.82. The number of carbonyl (C=O) groups excluding carboxylic acids is 1. The van der Waals surface area contributed by atoms with Crippen LogP contribution in [-0.2, 0) is 13.6 Å². The van der Waals surface area contributed by atoms with E-state index in [1.54, 1.807) is 5.38 Å². The zero-order chi connectivity index (χ0) is 15.7. The molecule has 0 aromatic carbocycles. The monoisotopic (exact) mass is 309 g/mol. The maximum Gasteiger partial charge on any atom is 0.331 e. The van der Waals surface area contributed by atoms with Crippen LogP contribution in [0.25, 0.3) is 0 Å². The molecule has 9 heteroatoms. The number of Topliss-reactive ketones (excluding diaryl/α,β-unsaturated/α-hetero) is 1. The van der Waals surface area contributed by atoms with Crippen molar-refractivity contribution in [3.05, 3.63) is 59.7 Å². The molecule has 110 valence electrons. The van der Waals surface area contributed by atoms with Crippen molar-refractivity contribution in [2.75, 3.05) is 0 Å². The predicted molar refractivity (Wildman–Crippen MR) is 76.0 cm³/mol. The van der Waals surface area contributed by atoms with E-state index in [2.05, 4.69) is 0 Å². The van der Waals surface area contributed by atoms with Gasteiger partial charge in [-0.05, 0) is 12.5 Å². The van der Waals surface area contributed by atoms with E-state index in [1.807, 2.05) is 0 Å². The maximum absolute atomic E-state index is 12.0. The minimum atomic E-state index is -0.653. The van der Waals surface area contributed by atoms with Gasteiger partial charge in [0.2, 0.25) is 0 Å². The SMILES string of the molecule is CC(=O)c1cn(Cc2csc([N+](=O)[O-])c2)c(=O)n(C)c1=O. The molecule has 8 nitrogen and oxygen atoms in total. The third-order valence-electron chi connectivity index (χ3n) is 2.90. The molecule has 2 aromatic rings. The predicted octanol–water partition coefficient (Wildman–Crippen LogP) is 0.768. The van der Waals surface area contributed by atoms with E-state index in [0.717, 1.165) is 15.9 Å². The third-order valence-corrected chi connectivity index (χ3v) is 3.83. The number of hydrogen-bond donors (Lipinski definition) is 0. The zero-order valence-corrected chi connectivity index (χ0v) is 12.0. The molecule has 0 aliphatic heterocycles. The Bertz CT molecular complexity index is 845. The number of nitrogens with zero attached hydrogens (tertiary/aromatic N) is 3. The Morgan fingerprint density at radius 1 is 1.43 bits per heavy atom. The van der Waals surface area contributed by atoms with Crippen molar-refractivity contribution in [1.82, 2.24) is 9.13 Å². The summed E-state index contributed by atoms with van der Waals surface area (Å²) in [4.78, 5) is 45.3. The van der Waals surface area contributed by atoms with E-state index in [0.29, 0.717) is 5.56 Å². The number of ketones is 1. The topological polar surface area (TPSA) is 104 Å². The highest BCUT2D eigenvalue weighted by molar-refractivity contribution is 7.13. The molecule has 0 saturated heterocycles. The molecule has 0 aliphatic carbocycles. The van der Waals surface area contributed by atoms with Gasteiger partial charge in [0, 0.05) is 24.7 Å². The van der Waals surface area contributed by atoms with Gasteiger partial charge in [0.1, 0.15) is 0 Å². The first-order valence-corrected chi connectivity index (χ1v) is 6.72. The molecule has 0 unspecified atom stereocenters. The van der Waals surface area contributed by atoms with Crippen LogP contribution in [0.3, 0.4) is 0 Å². The normalized spacial score (nSPS) is 10.6. The first-order chi connectivity index (χ1) is 9.81. The highest BCUT2D eigenvalue weighted by atomic mass is 32.1. The first-order valence-electron chi connectivity index (χ1n) is 5.84. The molecule has 0 saturated carbocycles. The second-order valence-corrected chi connectivity index (χ2v) is 5.31. The van der Waals surface area contributed by atoms with Crippen LogP contribution in [0.5, 0.6) is 0 Å². The molecule has 0 spiro atoms. The number of hydrogen-bond acceptors (Lipinski definition) is 6. The van der Waals surface area contributed by atoms with Crippen LogP contribution < -0.4 is 11.2 Å². The summed E-state index contributed by atoms with van der Waals surface area (Å²) >= 11 is 0.951. The smallest absolute Gasteiger partial charge is 0.295 e. The average molecular weight is 309 g/mol. The minimum absolute atomic E-state index is 0.0327. The van der Waals surface area contributed by atoms with Crippen LogP contribution in [-0.4, -0.2) is 19.8 Å². The molecule has 0 radical (unpaired) electrons. The quantitative estimate of drug-likeness (QED) is 0.471. The van der Waals surface area contributed by atoms with Crippen molar-refractivity contribution in [2.45, 2.75) is 13.5 Å². The summed E-state index contributed by atoms with van der Waals surface area (Å²) in [6.07, 6.45) is 1.19. The highest BCUT2D eigenvalue weighted by Gasteiger charge is 2.14. The van der Waals surface area contributed by atoms with Crippen LogP contribution in [0.1, 0.15) is 22.8 Å². The molecule has 2 aromatic heterocycles. The molecule has 0 atom stereocenters. The van der Waals surface area contributed by atoms with E-state index in [9.17, 15) is 24.5 Å². The number of rotatable bonds is 4. The summed E-state index contributed by atoms with van der Waals surface area (Å²) in [5.74, 6) is -0.444. The van der Waals surface area contributed by atoms with Gasteiger partial charge in [0.25, 0.3) is 5.56 Å². The van der Waals surface area contributed by atoms with Gasteiger partial charge >= 0.3 is 10.7 Å². The van der Waals surface area contributed by atoms with E-state index >= 15 is 0 Å². The molecule has 0 amide bonds. The molecule has 0 N–H and O–H groups in total. The van der Waals surface area contributed by atoms with Gasteiger partial charge < -0.3 is 0 Å². The number of aromatic nitrogens is 2. The number of carbonyl (C=O) groups is 1. The Labute approximate surface area is 122 Å².